The van der Waals surface area contributed by atoms with Crippen LogP contribution in [0.2, 0.25) is 0 Å². The first-order chi connectivity index (χ1) is 10.2. The third kappa shape index (κ3) is 2.67. The van der Waals surface area contributed by atoms with Gasteiger partial charge in [0, 0.05) is 25.2 Å². The molecule has 0 aromatic heterocycles. The monoisotopic (exact) mass is 286 g/mol. The van der Waals surface area contributed by atoms with Gasteiger partial charge in [-0.25, -0.2) is 0 Å². The predicted molar refractivity (Wildman–Crippen MR) is 80.8 cm³/mol. The smallest absolute Gasteiger partial charge is 0.255 e. The maximum absolute atomic E-state index is 12.7. The van der Waals surface area contributed by atoms with Crippen LogP contribution < -0.4 is 0 Å². The van der Waals surface area contributed by atoms with E-state index in [1.54, 1.807) is 4.90 Å². The standard InChI is InChI=1S/C17H22N2O2/c1-13(16(20)18-10-6-2-3-7-11-18)19-12-14-8-4-5-9-15(14)17(19)21/h4-5,8-9,13H,2-3,6-7,10-12H2,1H3. The quantitative estimate of drug-likeness (QED) is 0.838. The number of carbonyl (C=O) groups excluding carboxylic acids is 2. The van der Waals surface area contributed by atoms with Crippen LogP contribution in [0.5, 0.6) is 0 Å². The summed E-state index contributed by atoms with van der Waals surface area (Å²) >= 11 is 0. The largest absolute Gasteiger partial charge is 0.341 e. The number of hydrogen-bond donors (Lipinski definition) is 0. The molecule has 0 radical (unpaired) electrons. The molecular weight excluding hydrogens is 264 g/mol. The lowest BCUT2D eigenvalue weighted by molar-refractivity contribution is -0.135. The lowest BCUT2D eigenvalue weighted by Crippen LogP contribution is -2.47. The zero-order valence-corrected chi connectivity index (χ0v) is 12.5. The molecule has 0 bridgehead atoms. The van der Waals surface area contributed by atoms with Crippen molar-refractivity contribution in [3.05, 3.63) is 35.4 Å². The van der Waals surface area contributed by atoms with Gasteiger partial charge in [-0.15, -0.1) is 0 Å². The van der Waals surface area contributed by atoms with E-state index < -0.39 is 0 Å². The molecule has 2 amide bonds. The van der Waals surface area contributed by atoms with Gasteiger partial charge in [-0.3, -0.25) is 9.59 Å². The molecule has 1 unspecified atom stereocenters. The van der Waals surface area contributed by atoms with Crippen LogP contribution in [-0.4, -0.2) is 40.7 Å². The van der Waals surface area contributed by atoms with Crippen LogP contribution in [0.15, 0.2) is 24.3 Å². The molecule has 0 aliphatic carbocycles. The molecule has 0 spiro atoms. The molecule has 1 aromatic rings. The Labute approximate surface area is 125 Å². The zero-order valence-electron chi connectivity index (χ0n) is 12.5. The van der Waals surface area contributed by atoms with E-state index >= 15 is 0 Å². The minimum Gasteiger partial charge on any atom is -0.341 e. The van der Waals surface area contributed by atoms with Crippen molar-refractivity contribution in [1.82, 2.24) is 9.80 Å². The van der Waals surface area contributed by atoms with Crippen molar-refractivity contribution >= 4 is 11.8 Å². The molecule has 2 aliphatic rings. The average Bonchev–Trinajstić information content (AvgIpc) is 2.70. The fourth-order valence-corrected chi connectivity index (χ4v) is 3.28. The van der Waals surface area contributed by atoms with Crippen molar-refractivity contribution in [3.63, 3.8) is 0 Å². The molecule has 112 valence electrons. The van der Waals surface area contributed by atoms with Gasteiger partial charge in [-0.1, -0.05) is 31.0 Å². The number of nitrogens with zero attached hydrogens (tertiary/aromatic N) is 2. The van der Waals surface area contributed by atoms with Crippen LogP contribution in [0, 0.1) is 0 Å². The number of likely N-dealkylation sites (tertiary alicyclic amines) is 1. The van der Waals surface area contributed by atoms with E-state index in [0.29, 0.717) is 6.54 Å². The fourth-order valence-electron chi connectivity index (χ4n) is 3.28. The van der Waals surface area contributed by atoms with Gasteiger partial charge in [0.1, 0.15) is 6.04 Å². The first kappa shape index (κ1) is 14.1. The second-order valence-corrected chi connectivity index (χ2v) is 6.01. The van der Waals surface area contributed by atoms with Gasteiger partial charge < -0.3 is 9.80 Å². The van der Waals surface area contributed by atoms with Gasteiger partial charge >= 0.3 is 0 Å². The normalized spacial score (nSPS) is 20.1. The molecule has 1 atom stereocenters. The Hall–Kier alpha value is -1.84. The van der Waals surface area contributed by atoms with Crippen LogP contribution >= 0.6 is 0 Å². The summed E-state index contributed by atoms with van der Waals surface area (Å²) in [5.41, 5.74) is 1.77. The summed E-state index contributed by atoms with van der Waals surface area (Å²) in [4.78, 5) is 28.8. The SMILES string of the molecule is CC(C(=O)N1CCCCCC1)N1Cc2ccccc2C1=O. The van der Waals surface area contributed by atoms with Gasteiger partial charge in [0.15, 0.2) is 0 Å². The molecule has 0 saturated carbocycles. The Morgan fingerprint density at radius 1 is 1.10 bits per heavy atom. The molecular formula is C17H22N2O2. The lowest BCUT2D eigenvalue weighted by atomic mass is 10.1. The Balaban J connectivity index is 1.72. The molecule has 0 N–H and O–H groups in total. The minimum atomic E-state index is -0.372. The first-order valence-corrected chi connectivity index (χ1v) is 7.86. The highest BCUT2D eigenvalue weighted by Gasteiger charge is 2.35. The number of rotatable bonds is 2. The Morgan fingerprint density at radius 3 is 2.43 bits per heavy atom. The van der Waals surface area contributed by atoms with E-state index in [9.17, 15) is 9.59 Å². The minimum absolute atomic E-state index is 0.0127. The number of hydrogen-bond acceptors (Lipinski definition) is 2. The van der Waals surface area contributed by atoms with Crippen LogP contribution in [0.3, 0.4) is 0 Å². The molecule has 4 heteroatoms. The molecule has 2 aliphatic heterocycles. The number of carbonyl (C=O) groups is 2. The summed E-state index contributed by atoms with van der Waals surface area (Å²) in [7, 11) is 0. The van der Waals surface area contributed by atoms with Crippen LogP contribution in [0.25, 0.3) is 0 Å². The summed E-state index contributed by atoms with van der Waals surface area (Å²) in [6, 6.07) is 7.26. The summed E-state index contributed by atoms with van der Waals surface area (Å²) in [6.07, 6.45) is 4.55. The number of fused-ring (bicyclic) bond motifs is 1. The Bertz CT molecular complexity index is 547. The van der Waals surface area contributed by atoms with Gasteiger partial charge in [0.05, 0.1) is 0 Å². The first-order valence-electron chi connectivity index (χ1n) is 7.86. The van der Waals surface area contributed by atoms with E-state index in [1.807, 2.05) is 36.1 Å². The highest BCUT2D eigenvalue weighted by molar-refractivity contribution is 6.01. The van der Waals surface area contributed by atoms with Crippen molar-refractivity contribution in [2.45, 2.75) is 45.2 Å². The highest BCUT2D eigenvalue weighted by Crippen LogP contribution is 2.25. The molecule has 1 fully saturated rings. The van der Waals surface area contributed by atoms with Gasteiger partial charge in [0.2, 0.25) is 5.91 Å². The van der Waals surface area contributed by atoms with E-state index in [2.05, 4.69) is 0 Å². The van der Waals surface area contributed by atoms with Crippen molar-refractivity contribution in [2.75, 3.05) is 13.1 Å². The van der Waals surface area contributed by atoms with Crippen molar-refractivity contribution in [1.29, 1.82) is 0 Å². The maximum atomic E-state index is 12.7. The van der Waals surface area contributed by atoms with Gasteiger partial charge in [0.25, 0.3) is 5.91 Å². The van der Waals surface area contributed by atoms with Crippen LogP contribution in [0.4, 0.5) is 0 Å². The van der Waals surface area contributed by atoms with Crippen LogP contribution in [0.1, 0.15) is 48.5 Å². The molecule has 4 nitrogen and oxygen atoms in total. The molecule has 1 aromatic carbocycles. The van der Waals surface area contributed by atoms with Crippen molar-refractivity contribution in [3.8, 4) is 0 Å². The third-order valence-corrected chi connectivity index (χ3v) is 4.59. The predicted octanol–water partition coefficient (Wildman–Crippen LogP) is 2.43. The Kier molecular flexibility index (Phi) is 3.95. The average molecular weight is 286 g/mol. The van der Waals surface area contributed by atoms with Crippen molar-refractivity contribution in [2.24, 2.45) is 0 Å². The van der Waals surface area contributed by atoms with E-state index in [4.69, 9.17) is 0 Å². The molecule has 2 heterocycles. The molecule has 21 heavy (non-hydrogen) atoms. The number of benzene rings is 1. The summed E-state index contributed by atoms with van der Waals surface area (Å²) in [6.45, 7) is 4.07. The fraction of sp³-hybridized carbons (Fsp3) is 0.529. The summed E-state index contributed by atoms with van der Waals surface area (Å²) < 4.78 is 0. The Morgan fingerprint density at radius 2 is 1.76 bits per heavy atom. The highest BCUT2D eigenvalue weighted by atomic mass is 16.2. The summed E-state index contributed by atoms with van der Waals surface area (Å²) in [5, 5.41) is 0. The summed E-state index contributed by atoms with van der Waals surface area (Å²) in [5.74, 6) is 0.0827. The zero-order chi connectivity index (χ0) is 14.8. The second kappa shape index (κ2) is 5.88. The molecule has 1 saturated heterocycles. The second-order valence-electron chi connectivity index (χ2n) is 6.01. The van der Waals surface area contributed by atoms with Gasteiger partial charge in [-0.2, -0.15) is 0 Å². The number of amides is 2. The topological polar surface area (TPSA) is 40.6 Å². The molecule has 3 rings (SSSR count). The van der Waals surface area contributed by atoms with Crippen LogP contribution in [-0.2, 0) is 11.3 Å². The maximum Gasteiger partial charge on any atom is 0.255 e. The van der Waals surface area contributed by atoms with E-state index in [0.717, 1.165) is 37.1 Å². The van der Waals surface area contributed by atoms with E-state index in [-0.39, 0.29) is 17.9 Å². The lowest BCUT2D eigenvalue weighted by Gasteiger charge is -2.29. The third-order valence-electron chi connectivity index (χ3n) is 4.59. The van der Waals surface area contributed by atoms with Gasteiger partial charge in [-0.05, 0) is 31.4 Å². The van der Waals surface area contributed by atoms with Crippen molar-refractivity contribution < 1.29 is 9.59 Å². The van der Waals surface area contributed by atoms with E-state index in [1.165, 1.54) is 12.8 Å².